The Balaban J connectivity index is 1.42. The summed E-state index contributed by atoms with van der Waals surface area (Å²) in [6, 6.07) is 24.2. The molecule has 4 aromatic rings. The fraction of sp³-hybridized carbons (Fsp3) is 0.0909. The molecule has 1 N–H and O–H groups in total. The number of aromatic nitrogens is 1. The van der Waals surface area contributed by atoms with Gasteiger partial charge in [-0.3, -0.25) is 4.79 Å². The third-order valence-corrected chi connectivity index (χ3v) is 7.04. The Morgan fingerprint density at radius 2 is 1.74 bits per heavy atom. The van der Waals surface area contributed by atoms with Crippen LogP contribution in [-0.4, -0.2) is 16.1 Å². The van der Waals surface area contributed by atoms with E-state index in [0.29, 0.717) is 0 Å². The Bertz CT molecular complexity index is 1090. The Hall–Kier alpha value is -2.63. The molecule has 3 nitrogen and oxygen atoms in total. The van der Waals surface area contributed by atoms with Crippen molar-refractivity contribution in [2.45, 2.75) is 16.6 Å². The number of para-hydroxylation sites is 2. The van der Waals surface area contributed by atoms with E-state index in [1.54, 1.807) is 23.1 Å². The van der Waals surface area contributed by atoms with E-state index in [1.165, 1.54) is 10.5 Å². The van der Waals surface area contributed by atoms with Gasteiger partial charge in [-0.15, -0.1) is 23.1 Å². The van der Waals surface area contributed by atoms with E-state index >= 15 is 0 Å². The Morgan fingerprint density at radius 1 is 0.963 bits per heavy atom. The van der Waals surface area contributed by atoms with E-state index in [4.69, 9.17) is 4.98 Å². The number of hydrogen-bond acceptors (Lipinski definition) is 4. The lowest BCUT2D eigenvalue weighted by atomic mass is 10.1. The normalized spacial score (nSPS) is 15.6. The van der Waals surface area contributed by atoms with E-state index in [9.17, 15) is 4.79 Å². The molecule has 0 bridgehead atoms. The number of thiazole rings is 1. The zero-order valence-electron chi connectivity index (χ0n) is 14.4. The van der Waals surface area contributed by atoms with Gasteiger partial charge in [-0.2, -0.15) is 0 Å². The summed E-state index contributed by atoms with van der Waals surface area (Å²) in [5, 5.41) is 3.97. The molecular formula is C22H16N2OS2. The molecule has 0 saturated carbocycles. The molecule has 0 saturated heterocycles. The van der Waals surface area contributed by atoms with Crippen molar-refractivity contribution < 1.29 is 4.79 Å². The highest BCUT2D eigenvalue weighted by molar-refractivity contribution is 8.01. The van der Waals surface area contributed by atoms with Gasteiger partial charge >= 0.3 is 0 Å². The lowest BCUT2D eigenvalue weighted by molar-refractivity contribution is -0.115. The first-order chi connectivity index (χ1) is 13.3. The van der Waals surface area contributed by atoms with Crippen LogP contribution in [0.1, 0.15) is 5.56 Å². The van der Waals surface area contributed by atoms with Crippen LogP contribution in [0.5, 0.6) is 0 Å². The SMILES string of the molecule is O=C(Nc1ccccc1-c1nc2ccccc2s1)C1Cc2ccccc2S1. The van der Waals surface area contributed by atoms with Crippen LogP contribution in [0.3, 0.4) is 0 Å². The second-order valence-corrected chi connectivity index (χ2v) is 8.72. The quantitative estimate of drug-likeness (QED) is 0.495. The molecule has 5 heteroatoms. The highest BCUT2D eigenvalue weighted by Crippen LogP contribution is 2.38. The minimum Gasteiger partial charge on any atom is -0.324 e. The highest BCUT2D eigenvalue weighted by atomic mass is 32.2. The van der Waals surface area contributed by atoms with Gasteiger partial charge in [-0.05, 0) is 42.3 Å². The van der Waals surface area contributed by atoms with Crippen LogP contribution in [0.4, 0.5) is 5.69 Å². The largest absolute Gasteiger partial charge is 0.324 e. The number of nitrogens with zero attached hydrogens (tertiary/aromatic N) is 1. The molecule has 1 aliphatic rings. The molecule has 0 radical (unpaired) electrons. The molecule has 132 valence electrons. The zero-order chi connectivity index (χ0) is 18.2. The Labute approximate surface area is 165 Å². The van der Waals surface area contributed by atoms with Crippen molar-refractivity contribution in [1.29, 1.82) is 0 Å². The van der Waals surface area contributed by atoms with Crippen LogP contribution in [0, 0.1) is 0 Å². The molecule has 2 heterocycles. The van der Waals surface area contributed by atoms with Crippen LogP contribution in [0.25, 0.3) is 20.8 Å². The van der Waals surface area contributed by atoms with Crippen LogP contribution in [-0.2, 0) is 11.2 Å². The molecule has 0 aliphatic carbocycles. The maximum Gasteiger partial charge on any atom is 0.238 e. The number of rotatable bonds is 3. The van der Waals surface area contributed by atoms with Gasteiger partial charge < -0.3 is 5.32 Å². The van der Waals surface area contributed by atoms with Gasteiger partial charge in [0.1, 0.15) is 5.01 Å². The van der Waals surface area contributed by atoms with E-state index in [0.717, 1.165) is 32.9 Å². The standard InChI is InChI=1S/C22H16N2OS2/c25-21(20-13-14-7-1-5-11-18(14)26-20)23-16-9-3-2-8-15(16)22-24-17-10-4-6-12-19(17)27-22/h1-12,20H,13H2,(H,23,25). The average molecular weight is 389 g/mol. The average Bonchev–Trinajstić information content (AvgIpc) is 3.32. The van der Waals surface area contributed by atoms with E-state index in [-0.39, 0.29) is 11.2 Å². The zero-order valence-corrected chi connectivity index (χ0v) is 16.0. The Morgan fingerprint density at radius 3 is 2.63 bits per heavy atom. The number of thioether (sulfide) groups is 1. The van der Waals surface area contributed by atoms with Gasteiger partial charge in [0.25, 0.3) is 0 Å². The van der Waals surface area contributed by atoms with Crippen molar-refractivity contribution in [3.63, 3.8) is 0 Å². The molecule has 0 spiro atoms. The van der Waals surface area contributed by atoms with Gasteiger partial charge in [-0.1, -0.05) is 42.5 Å². The number of carbonyl (C=O) groups excluding carboxylic acids is 1. The number of carbonyl (C=O) groups is 1. The third kappa shape index (κ3) is 3.13. The fourth-order valence-corrected chi connectivity index (χ4v) is 5.51. The molecule has 1 aromatic heterocycles. The number of amides is 1. The predicted molar refractivity (Wildman–Crippen MR) is 113 cm³/mol. The molecule has 3 aromatic carbocycles. The van der Waals surface area contributed by atoms with Crippen LogP contribution in [0.2, 0.25) is 0 Å². The van der Waals surface area contributed by atoms with E-state index in [1.807, 2.05) is 54.6 Å². The minimum atomic E-state index is -0.0918. The predicted octanol–water partition coefficient (Wildman–Crippen LogP) is 5.62. The number of anilines is 1. The maximum atomic E-state index is 12.9. The van der Waals surface area contributed by atoms with Crippen molar-refractivity contribution in [2.24, 2.45) is 0 Å². The summed E-state index contributed by atoms with van der Waals surface area (Å²) in [5.41, 5.74) is 4.02. The van der Waals surface area contributed by atoms with Crippen LogP contribution in [0.15, 0.2) is 77.7 Å². The van der Waals surface area contributed by atoms with Crippen LogP contribution < -0.4 is 5.32 Å². The van der Waals surface area contributed by atoms with Crippen LogP contribution >= 0.6 is 23.1 Å². The number of benzene rings is 3. The lowest BCUT2D eigenvalue weighted by Crippen LogP contribution is -2.24. The molecule has 1 amide bonds. The number of nitrogens with one attached hydrogen (secondary N) is 1. The van der Waals surface area contributed by atoms with Gasteiger partial charge in [-0.25, -0.2) is 4.98 Å². The summed E-state index contributed by atoms with van der Waals surface area (Å²) in [6.45, 7) is 0. The fourth-order valence-electron chi connectivity index (χ4n) is 3.31. The first kappa shape index (κ1) is 16.5. The lowest BCUT2D eigenvalue weighted by Gasteiger charge is -2.12. The second kappa shape index (κ2) is 6.83. The topological polar surface area (TPSA) is 42.0 Å². The van der Waals surface area contributed by atoms with Crippen molar-refractivity contribution in [1.82, 2.24) is 4.98 Å². The summed E-state index contributed by atoms with van der Waals surface area (Å²) in [6.07, 6.45) is 0.774. The highest BCUT2D eigenvalue weighted by Gasteiger charge is 2.28. The van der Waals surface area contributed by atoms with Gasteiger partial charge in [0.2, 0.25) is 5.91 Å². The molecule has 27 heavy (non-hydrogen) atoms. The molecule has 5 rings (SSSR count). The van der Waals surface area contributed by atoms with Gasteiger partial charge in [0.15, 0.2) is 0 Å². The molecule has 1 unspecified atom stereocenters. The molecular weight excluding hydrogens is 372 g/mol. The molecule has 1 aliphatic heterocycles. The summed E-state index contributed by atoms with van der Waals surface area (Å²) in [5.74, 6) is 0.0461. The maximum absolute atomic E-state index is 12.9. The second-order valence-electron chi connectivity index (χ2n) is 6.44. The minimum absolute atomic E-state index is 0.0461. The summed E-state index contributed by atoms with van der Waals surface area (Å²) in [7, 11) is 0. The van der Waals surface area contributed by atoms with Crippen molar-refractivity contribution in [3.8, 4) is 10.6 Å². The smallest absolute Gasteiger partial charge is 0.238 e. The first-order valence-electron chi connectivity index (χ1n) is 8.78. The number of hydrogen-bond donors (Lipinski definition) is 1. The first-order valence-corrected chi connectivity index (χ1v) is 10.5. The van der Waals surface area contributed by atoms with Gasteiger partial charge in [0.05, 0.1) is 21.2 Å². The molecule has 0 fully saturated rings. The summed E-state index contributed by atoms with van der Waals surface area (Å²) >= 11 is 3.29. The van der Waals surface area contributed by atoms with Crippen molar-refractivity contribution >= 4 is 44.9 Å². The summed E-state index contributed by atoms with van der Waals surface area (Å²) in [4.78, 5) is 18.8. The monoisotopic (exact) mass is 388 g/mol. The van der Waals surface area contributed by atoms with Crippen molar-refractivity contribution in [3.05, 3.63) is 78.4 Å². The molecule has 1 atom stereocenters. The third-order valence-electron chi connectivity index (χ3n) is 4.65. The Kier molecular flexibility index (Phi) is 4.19. The van der Waals surface area contributed by atoms with Gasteiger partial charge in [0, 0.05) is 10.5 Å². The van der Waals surface area contributed by atoms with E-state index in [2.05, 4.69) is 23.5 Å². The van der Waals surface area contributed by atoms with E-state index < -0.39 is 0 Å². The summed E-state index contributed by atoms with van der Waals surface area (Å²) < 4.78 is 1.15. The number of fused-ring (bicyclic) bond motifs is 2. The van der Waals surface area contributed by atoms with Crippen molar-refractivity contribution in [2.75, 3.05) is 5.32 Å².